The molecule has 2 aromatic rings. The number of nitrogens with one attached hydrogen (secondary N) is 3. The van der Waals surface area contributed by atoms with Crippen LogP contribution >= 0.6 is 11.6 Å². The number of aryl methyl sites for hydroxylation is 1. The number of anilines is 2. The van der Waals surface area contributed by atoms with Crippen molar-refractivity contribution in [2.75, 3.05) is 17.7 Å². The fourth-order valence-electron chi connectivity index (χ4n) is 1.96. The van der Waals surface area contributed by atoms with E-state index in [2.05, 4.69) is 16.0 Å². The molecule has 0 heterocycles. The van der Waals surface area contributed by atoms with Crippen molar-refractivity contribution in [2.24, 2.45) is 0 Å². The normalized spacial score (nSPS) is 10.0. The molecule has 6 heteroatoms. The van der Waals surface area contributed by atoms with Gasteiger partial charge in [0.15, 0.2) is 0 Å². The van der Waals surface area contributed by atoms with Gasteiger partial charge in [-0.1, -0.05) is 23.7 Å². The van der Waals surface area contributed by atoms with Crippen LogP contribution in [0.15, 0.2) is 48.5 Å². The smallest absolute Gasteiger partial charge is 0.323 e. The predicted molar refractivity (Wildman–Crippen MR) is 92.9 cm³/mol. The third kappa shape index (κ3) is 5.64. The van der Waals surface area contributed by atoms with Crippen molar-refractivity contribution in [2.45, 2.75) is 12.8 Å². The van der Waals surface area contributed by atoms with Crippen LogP contribution in [0.4, 0.5) is 16.2 Å². The average Bonchev–Trinajstić information content (AvgIpc) is 2.56. The van der Waals surface area contributed by atoms with Crippen molar-refractivity contribution < 1.29 is 9.59 Å². The first-order valence-electron chi connectivity index (χ1n) is 7.20. The molecule has 0 aliphatic heterocycles. The maximum Gasteiger partial charge on any atom is 0.323 e. The molecule has 0 unspecified atom stereocenters. The van der Waals surface area contributed by atoms with Crippen molar-refractivity contribution >= 4 is 34.9 Å². The molecule has 3 N–H and O–H groups in total. The van der Waals surface area contributed by atoms with Gasteiger partial charge in [-0.3, -0.25) is 4.79 Å². The molecule has 23 heavy (non-hydrogen) atoms. The Labute approximate surface area is 140 Å². The minimum Gasteiger partial charge on any atom is -0.359 e. The summed E-state index contributed by atoms with van der Waals surface area (Å²) in [4.78, 5) is 23.1. The lowest BCUT2D eigenvalue weighted by atomic mass is 10.1. The number of rotatable bonds is 5. The Morgan fingerprint density at radius 1 is 0.913 bits per heavy atom. The molecule has 0 radical (unpaired) electrons. The third-order valence-electron chi connectivity index (χ3n) is 3.23. The van der Waals surface area contributed by atoms with E-state index in [1.165, 1.54) is 0 Å². The molecular weight excluding hydrogens is 314 g/mol. The molecule has 2 aromatic carbocycles. The highest BCUT2D eigenvalue weighted by atomic mass is 35.5. The first-order valence-corrected chi connectivity index (χ1v) is 7.58. The van der Waals surface area contributed by atoms with Gasteiger partial charge in [0, 0.05) is 29.9 Å². The minimum absolute atomic E-state index is 0.00884. The number of halogens is 1. The number of benzene rings is 2. The zero-order valence-corrected chi connectivity index (χ0v) is 13.5. The number of hydrogen-bond acceptors (Lipinski definition) is 2. The molecule has 3 amide bonds. The van der Waals surface area contributed by atoms with Crippen LogP contribution in [0.2, 0.25) is 5.02 Å². The van der Waals surface area contributed by atoms with E-state index in [-0.39, 0.29) is 11.9 Å². The molecule has 0 spiro atoms. The predicted octanol–water partition coefficient (Wildman–Crippen LogP) is 3.66. The Kier molecular flexibility index (Phi) is 6.00. The number of hydrogen-bond donors (Lipinski definition) is 3. The maximum atomic E-state index is 11.9. The third-order valence-corrected chi connectivity index (χ3v) is 3.49. The molecule has 0 atom stereocenters. The highest BCUT2D eigenvalue weighted by Crippen LogP contribution is 2.15. The lowest BCUT2D eigenvalue weighted by molar-refractivity contribution is -0.120. The molecule has 0 aliphatic carbocycles. The van der Waals surface area contributed by atoms with Crippen LogP contribution in [-0.4, -0.2) is 19.0 Å². The lowest BCUT2D eigenvalue weighted by Gasteiger charge is -2.08. The van der Waals surface area contributed by atoms with Crippen LogP contribution < -0.4 is 16.0 Å². The summed E-state index contributed by atoms with van der Waals surface area (Å²) < 4.78 is 0. The van der Waals surface area contributed by atoms with Crippen LogP contribution in [0.3, 0.4) is 0 Å². The SMILES string of the molecule is CNC(=O)CCc1ccc(NC(=O)Nc2ccc(Cl)cc2)cc1. The summed E-state index contributed by atoms with van der Waals surface area (Å²) in [6.07, 6.45) is 1.11. The van der Waals surface area contributed by atoms with Gasteiger partial charge < -0.3 is 16.0 Å². The van der Waals surface area contributed by atoms with Gasteiger partial charge >= 0.3 is 6.03 Å². The number of carbonyl (C=O) groups is 2. The Hall–Kier alpha value is -2.53. The van der Waals surface area contributed by atoms with Crippen LogP contribution in [0, 0.1) is 0 Å². The first kappa shape index (κ1) is 16.8. The van der Waals surface area contributed by atoms with Crippen LogP contribution in [0.25, 0.3) is 0 Å². The van der Waals surface area contributed by atoms with Crippen molar-refractivity contribution in [3.63, 3.8) is 0 Å². The summed E-state index contributed by atoms with van der Waals surface area (Å²) in [5.74, 6) is 0.00884. The summed E-state index contributed by atoms with van der Waals surface area (Å²) >= 11 is 5.79. The topological polar surface area (TPSA) is 70.2 Å². The number of amides is 3. The molecule has 0 saturated carbocycles. The van der Waals surface area contributed by atoms with Gasteiger partial charge in [0.25, 0.3) is 0 Å². The van der Waals surface area contributed by atoms with Crippen molar-refractivity contribution in [3.8, 4) is 0 Å². The fourth-order valence-corrected chi connectivity index (χ4v) is 2.09. The lowest BCUT2D eigenvalue weighted by Crippen LogP contribution is -2.19. The van der Waals surface area contributed by atoms with Gasteiger partial charge in [0.05, 0.1) is 0 Å². The molecule has 2 rings (SSSR count). The fraction of sp³-hybridized carbons (Fsp3) is 0.176. The molecule has 0 bridgehead atoms. The zero-order chi connectivity index (χ0) is 16.7. The van der Waals surface area contributed by atoms with Gasteiger partial charge in [0.1, 0.15) is 0 Å². The van der Waals surface area contributed by atoms with Gasteiger partial charge in [-0.25, -0.2) is 4.79 Å². The molecule has 5 nitrogen and oxygen atoms in total. The average molecular weight is 332 g/mol. The summed E-state index contributed by atoms with van der Waals surface area (Å²) in [5.41, 5.74) is 2.38. The Morgan fingerprint density at radius 3 is 1.96 bits per heavy atom. The first-order chi connectivity index (χ1) is 11.1. The highest BCUT2D eigenvalue weighted by Gasteiger charge is 2.04. The number of carbonyl (C=O) groups excluding carboxylic acids is 2. The van der Waals surface area contributed by atoms with Gasteiger partial charge in [-0.2, -0.15) is 0 Å². The summed E-state index contributed by atoms with van der Waals surface area (Å²) in [6.45, 7) is 0. The Bertz CT molecular complexity index is 669. The van der Waals surface area contributed by atoms with E-state index in [9.17, 15) is 9.59 Å². The molecule has 0 aliphatic rings. The van der Waals surface area contributed by atoms with Crippen LogP contribution in [-0.2, 0) is 11.2 Å². The molecule has 120 valence electrons. The van der Waals surface area contributed by atoms with E-state index in [0.717, 1.165) is 5.56 Å². The molecule has 0 aromatic heterocycles. The van der Waals surface area contributed by atoms with Crippen LogP contribution in [0.5, 0.6) is 0 Å². The second kappa shape index (κ2) is 8.19. The second-order valence-corrected chi connectivity index (χ2v) is 5.39. The van der Waals surface area contributed by atoms with E-state index < -0.39 is 0 Å². The van der Waals surface area contributed by atoms with E-state index in [1.807, 2.05) is 12.1 Å². The van der Waals surface area contributed by atoms with Crippen LogP contribution in [0.1, 0.15) is 12.0 Å². The van der Waals surface area contributed by atoms with Crippen molar-refractivity contribution in [1.82, 2.24) is 5.32 Å². The van der Waals surface area contributed by atoms with Gasteiger partial charge in [0.2, 0.25) is 5.91 Å². The molecule has 0 fully saturated rings. The second-order valence-electron chi connectivity index (χ2n) is 4.96. The monoisotopic (exact) mass is 331 g/mol. The summed E-state index contributed by atoms with van der Waals surface area (Å²) in [7, 11) is 1.62. The Balaban J connectivity index is 1.86. The summed E-state index contributed by atoms with van der Waals surface area (Å²) in [6, 6.07) is 13.9. The van der Waals surface area contributed by atoms with Crippen molar-refractivity contribution in [1.29, 1.82) is 0 Å². The van der Waals surface area contributed by atoms with Crippen molar-refractivity contribution in [3.05, 3.63) is 59.1 Å². The standard InChI is InChI=1S/C17H18ClN3O2/c1-19-16(22)11-4-12-2-7-14(8-3-12)20-17(23)21-15-9-5-13(18)6-10-15/h2-3,5-10H,4,11H2,1H3,(H,19,22)(H2,20,21,23). The number of urea groups is 1. The maximum absolute atomic E-state index is 11.9. The van der Waals surface area contributed by atoms with Gasteiger partial charge in [-0.05, 0) is 48.4 Å². The minimum atomic E-state index is -0.328. The highest BCUT2D eigenvalue weighted by molar-refractivity contribution is 6.30. The van der Waals surface area contributed by atoms with E-state index in [4.69, 9.17) is 11.6 Å². The molecule has 0 saturated heterocycles. The quantitative estimate of drug-likeness (QED) is 0.782. The molecular formula is C17H18ClN3O2. The summed E-state index contributed by atoms with van der Waals surface area (Å²) in [5, 5.41) is 8.67. The van der Waals surface area contributed by atoms with E-state index >= 15 is 0 Å². The van der Waals surface area contributed by atoms with E-state index in [0.29, 0.717) is 29.2 Å². The zero-order valence-electron chi connectivity index (χ0n) is 12.7. The largest absolute Gasteiger partial charge is 0.359 e. The van der Waals surface area contributed by atoms with Gasteiger partial charge in [-0.15, -0.1) is 0 Å². The Morgan fingerprint density at radius 2 is 1.43 bits per heavy atom. The van der Waals surface area contributed by atoms with E-state index in [1.54, 1.807) is 43.4 Å².